The quantitative estimate of drug-likeness (QED) is 0.433. The van der Waals surface area contributed by atoms with Gasteiger partial charge in [-0.2, -0.15) is 0 Å². The summed E-state index contributed by atoms with van der Waals surface area (Å²) in [5, 5.41) is 5.84. The fourth-order valence-corrected chi connectivity index (χ4v) is 3.32. The number of carbonyl (C=O) groups is 2. The largest absolute Gasteiger partial charge is 0.497 e. The van der Waals surface area contributed by atoms with Crippen LogP contribution in [0.25, 0.3) is 0 Å². The number of ether oxygens (including phenoxy) is 1. The Kier molecular flexibility index (Phi) is 6.32. The summed E-state index contributed by atoms with van der Waals surface area (Å²) in [5.74, 6) is 0.394. The highest BCUT2D eigenvalue weighted by Crippen LogP contribution is 2.25. The van der Waals surface area contributed by atoms with Crippen LogP contribution in [0, 0.1) is 0 Å². The van der Waals surface area contributed by atoms with E-state index in [0.717, 1.165) is 16.9 Å². The molecule has 0 radical (unpaired) electrons. The van der Waals surface area contributed by atoms with Crippen molar-refractivity contribution in [1.29, 1.82) is 0 Å². The molecule has 0 saturated heterocycles. The van der Waals surface area contributed by atoms with E-state index in [9.17, 15) is 9.59 Å². The van der Waals surface area contributed by atoms with Crippen molar-refractivity contribution in [3.8, 4) is 5.75 Å². The minimum atomic E-state index is -0.351. The smallest absolute Gasteiger partial charge is 0.291 e. The van der Waals surface area contributed by atoms with E-state index >= 15 is 0 Å². The number of hydrogen-bond donors (Lipinski definition) is 2. The predicted molar refractivity (Wildman–Crippen MR) is 122 cm³/mol. The topological polar surface area (TPSA) is 80.6 Å². The van der Waals surface area contributed by atoms with Gasteiger partial charge in [0.15, 0.2) is 5.76 Å². The van der Waals surface area contributed by atoms with Gasteiger partial charge in [0.25, 0.3) is 11.8 Å². The van der Waals surface area contributed by atoms with Gasteiger partial charge in [-0.3, -0.25) is 9.59 Å². The molecular weight excluding hydrogens is 404 g/mol. The van der Waals surface area contributed by atoms with E-state index in [1.807, 2.05) is 54.6 Å². The van der Waals surface area contributed by atoms with Gasteiger partial charge >= 0.3 is 0 Å². The number of carbonyl (C=O) groups excluding carboxylic acids is 2. The van der Waals surface area contributed by atoms with Crippen molar-refractivity contribution in [2.75, 3.05) is 12.4 Å². The zero-order valence-corrected chi connectivity index (χ0v) is 17.4. The SMILES string of the molecule is COc1ccc([C@H](NC(=O)c2ccc(NC(=O)c3ccco3)cc2)c2ccccc2)cc1. The van der Waals surface area contributed by atoms with Crippen molar-refractivity contribution in [1.82, 2.24) is 5.32 Å². The summed E-state index contributed by atoms with van der Waals surface area (Å²) < 4.78 is 10.3. The second kappa shape index (κ2) is 9.66. The molecule has 0 spiro atoms. The molecule has 2 N–H and O–H groups in total. The second-order valence-corrected chi connectivity index (χ2v) is 7.10. The summed E-state index contributed by atoms with van der Waals surface area (Å²) in [5.41, 5.74) is 2.95. The number of hydrogen-bond acceptors (Lipinski definition) is 4. The molecule has 0 aliphatic carbocycles. The first-order valence-corrected chi connectivity index (χ1v) is 10.1. The lowest BCUT2D eigenvalue weighted by atomic mass is 9.98. The number of amides is 2. The summed E-state index contributed by atoms with van der Waals surface area (Å²) in [7, 11) is 1.62. The fourth-order valence-electron chi connectivity index (χ4n) is 3.32. The number of furan rings is 1. The van der Waals surface area contributed by atoms with Crippen LogP contribution in [0.15, 0.2) is 102 Å². The van der Waals surface area contributed by atoms with Crippen LogP contribution in [-0.2, 0) is 0 Å². The predicted octanol–water partition coefficient (Wildman–Crippen LogP) is 5.06. The van der Waals surface area contributed by atoms with Crippen LogP contribution in [0.2, 0.25) is 0 Å². The van der Waals surface area contributed by atoms with Gasteiger partial charge in [-0.15, -0.1) is 0 Å². The van der Waals surface area contributed by atoms with Gasteiger partial charge in [0, 0.05) is 11.3 Å². The van der Waals surface area contributed by atoms with Crippen LogP contribution in [-0.4, -0.2) is 18.9 Å². The summed E-state index contributed by atoms with van der Waals surface area (Å²) in [6.45, 7) is 0. The number of nitrogens with one attached hydrogen (secondary N) is 2. The van der Waals surface area contributed by atoms with Gasteiger partial charge in [-0.25, -0.2) is 0 Å². The van der Waals surface area contributed by atoms with Crippen LogP contribution in [0.3, 0.4) is 0 Å². The highest BCUT2D eigenvalue weighted by Gasteiger charge is 2.18. The summed E-state index contributed by atoms with van der Waals surface area (Å²) in [6.07, 6.45) is 1.44. The zero-order chi connectivity index (χ0) is 22.3. The first-order valence-electron chi connectivity index (χ1n) is 10.1. The van der Waals surface area contributed by atoms with Gasteiger partial charge in [0.05, 0.1) is 19.4 Å². The van der Waals surface area contributed by atoms with Gasteiger partial charge in [-0.05, 0) is 59.7 Å². The summed E-state index contributed by atoms with van der Waals surface area (Å²) in [6, 6.07) is 27.0. The molecule has 0 aliphatic heterocycles. The summed E-state index contributed by atoms with van der Waals surface area (Å²) in [4.78, 5) is 25.1. The molecule has 6 heteroatoms. The standard InChI is InChI=1S/C26H22N2O4/c1-31-22-15-11-19(12-16-22)24(18-6-3-2-4-7-18)28-25(29)20-9-13-21(14-10-20)27-26(30)23-8-5-17-32-23/h2-17,24H,1H3,(H,27,30)(H,28,29)/t24-/m1/s1. The molecule has 4 aromatic rings. The highest BCUT2D eigenvalue weighted by molar-refractivity contribution is 6.02. The Morgan fingerprint density at radius 3 is 2.09 bits per heavy atom. The normalized spacial score (nSPS) is 11.4. The van der Waals surface area contributed by atoms with Crippen LogP contribution in [0.1, 0.15) is 38.1 Å². The third kappa shape index (κ3) is 4.87. The minimum Gasteiger partial charge on any atom is -0.497 e. The average Bonchev–Trinajstić information content (AvgIpc) is 3.39. The molecule has 0 fully saturated rings. The zero-order valence-electron chi connectivity index (χ0n) is 17.4. The lowest BCUT2D eigenvalue weighted by Gasteiger charge is -2.20. The van der Waals surface area contributed by atoms with Crippen molar-refractivity contribution in [3.05, 3.63) is 120 Å². The molecule has 6 nitrogen and oxygen atoms in total. The Morgan fingerprint density at radius 2 is 1.47 bits per heavy atom. The number of benzene rings is 3. The van der Waals surface area contributed by atoms with Gasteiger partial charge in [0.2, 0.25) is 0 Å². The van der Waals surface area contributed by atoms with Gasteiger partial charge < -0.3 is 19.8 Å². The van der Waals surface area contributed by atoms with Crippen LogP contribution in [0.4, 0.5) is 5.69 Å². The second-order valence-electron chi connectivity index (χ2n) is 7.10. The number of rotatable bonds is 7. The molecular formula is C26H22N2O4. The number of methoxy groups -OCH3 is 1. The minimum absolute atomic E-state index is 0.219. The molecule has 0 aliphatic rings. The molecule has 1 atom stereocenters. The molecule has 3 aromatic carbocycles. The van der Waals surface area contributed by atoms with E-state index < -0.39 is 0 Å². The van der Waals surface area contributed by atoms with E-state index in [-0.39, 0.29) is 23.6 Å². The molecule has 1 heterocycles. The average molecular weight is 426 g/mol. The Hall–Kier alpha value is -4.32. The molecule has 0 saturated carbocycles. The molecule has 2 amide bonds. The maximum absolute atomic E-state index is 13.0. The van der Waals surface area contributed by atoms with E-state index in [4.69, 9.17) is 9.15 Å². The van der Waals surface area contributed by atoms with E-state index in [2.05, 4.69) is 10.6 Å². The first kappa shape index (κ1) is 20.9. The van der Waals surface area contributed by atoms with Crippen molar-refractivity contribution in [2.45, 2.75) is 6.04 Å². The number of anilines is 1. The van der Waals surface area contributed by atoms with Crippen LogP contribution < -0.4 is 15.4 Å². The van der Waals surface area contributed by atoms with Crippen molar-refractivity contribution in [3.63, 3.8) is 0 Å². The lowest BCUT2D eigenvalue weighted by Crippen LogP contribution is -2.29. The molecule has 160 valence electrons. The van der Waals surface area contributed by atoms with E-state index in [0.29, 0.717) is 11.3 Å². The third-order valence-corrected chi connectivity index (χ3v) is 5.01. The molecule has 1 aromatic heterocycles. The van der Waals surface area contributed by atoms with Gasteiger partial charge in [0.1, 0.15) is 5.75 Å². The Bertz CT molecular complexity index is 1170. The molecule has 4 rings (SSSR count). The highest BCUT2D eigenvalue weighted by atomic mass is 16.5. The summed E-state index contributed by atoms with van der Waals surface area (Å²) >= 11 is 0. The molecule has 0 unspecified atom stereocenters. The van der Waals surface area contributed by atoms with E-state index in [1.165, 1.54) is 6.26 Å². The van der Waals surface area contributed by atoms with Crippen molar-refractivity contribution >= 4 is 17.5 Å². The fraction of sp³-hybridized carbons (Fsp3) is 0.0769. The Morgan fingerprint density at radius 1 is 0.781 bits per heavy atom. The third-order valence-electron chi connectivity index (χ3n) is 5.01. The first-order chi connectivity index (χ1) is 15.6. The molecule has 32 heavy (non-hydrogen) atoms. The van der Waals surface area contributed by atoms with Crippen LogP contribution in [0.5, 0.6) is 5.75 Å². The lowest BCUT2D eigenvalue weighted by molar-refractivity contribution is 0.0942. The van der Waals surface area contributed by atoms with E-state index in [1.54, 1.807) is 43.5 Å². The maximum atomic E-state index is 13.0. The van der Waals surface area contributed by atoms with Crippen LogP contribution >= 0.6 is 0 Å². The van der Waals surface area contributed by atoms with Crippen molar-refractivity contribution in [2.24, 2.45) is 0 Å². The molecule has 0 bridgehead atoms. The maximum Gasteiger partial charge on any atom is 0.291 e. The Labute approximate surface area is 185 Å². The van der Waals surface area contributed by atoms with Crippen molar-refractivity contribution < 1.29 is 18.7 Å². The Balaban J connectivity index is 1.50. The monoisotopic (exact) mass is 426 g/mol. The van der Waals surface area contributed by atoms with Gasteiger partial charge in [-0.1, -0.05) is 42.5 Å².